The van der Waals surface area contributed by atoms with E-state index in [1.807, 2.05) is 19.1 Å². The first-order valence-corrected chi connectivity index (χ1v) is 6.01. The molecule has 18 heavy (non-hydrogen) atoms. The Kier molecular flexibility index (Phi) is 3.77. The van der Waals surface area contributed by atoms with E-state index in [4.69, 9.17) is 0 Å². The number of H-pyrrole nitrogens is 1. The van der Waals surface area contributed by atoms with Crippen LogP contribution in [0.4, 0.5) is 0 Å². The fourth-order valence-corrected chi connectivity index (χ4v) is 1.88. The summed E-state index contributed by atoms with van der Waals surface area (Å²) in [6, 6.07) is 8.21. The Morgan fingerprint density at radius 2 is 2.11 bits per heavy atom. The number of carbonyl (C=O) groups is 1. The van der Waals surface area contributed by atoms with E-state index >= 15 is 0 Å². The van der Waals surface area contributed by atoms with Crippen LogP contribution in [0.25, 0.3) is 0 Å². The minimum absolute atomic E-state index is 0.0742. The third-order valence-electron chi connectivity index (χ3n) is 3.02. The average Bonchev–Trinajstić information content (AvgIpc) is 2.78. The maximum Gasteiger partial charge on any atom is 0.254 e. The molecule has 1 heterocycles. The van der Waals surface area contributed by atoms with Crippen molar-refractivity contribution in [1.29, 1.82) is 0 Å². The highest BCUT2D eigenvalue weighted by molar-refractivity contribution is 5.94. The number of carbonyl (C=O) groups excluding carboxylic acids is 1. The van der Waals surface area contributed by atoms with Gasteiger partial charge in [-0.15, -0.1) is 0 Å². The summed E-state index contributed by atoms with van der Waals surface area (Å²) in [7, 11) is 0. The normalized spacial score (nSPS) is 10.3. The molecule has 0 aliphatic heterocycles. The summed E-state index contributed by atoms with van der Waals surface area (Å²) < 4.78 is 0. The van der Waals surface area contributed by atoms with Gasteiger partial charge in [0.25, 0.3) is 5.91 Å². The fourth-order valence-electron chi connectivity index (χ4n) is 1.88. The highest BCUT2D eigenvalue weighted by atomic mass is 16.1. The van der Waals surface area contributed by atoms with Crippen molar-refractivity contribution in [3.05, 3.63) is 52.8 Å². The van der Waals surface area contributed by atoms with Crippen LogP contribution in [0.1, 0.15) is 27.2 Å². The predicted molar refractivity (Wildman–Crippen MR) is 70.5 cm³/mol. The molecule has 1 aromatic carbocycles. The monoisotopic (exact) mass is 243 g/mol. The van der Waals surface area contributed by atoms with Crippen molar-refractivity contribution in [1.82, 2.24) is 15.5 Å². The number of nitrogens with zero attached hydrogens (tertiary/aromatic N) is 1. The maximum absolute atomic E-state index is 11.8. The van der Waals surface area contributed by atoms with Crippen LogP contribution in [0.3, 0.4) is 0 Å². The Morgan fingerprint density at radius 3 is 2.78 bits per heavy atom. The Hall–Kier alpha value is -2.10. The molecular formula is C14H17N3O. The van der Waals surface area contributed by atoms with Crippen LogP contribution < -0.4 is 5.32 Å². The van der Waals surface area contributed by atoms with E-state index in [1.54, 1.807) is 6.20 Å². The fraction of sp³-hybridized carbons (Fsp3) is 0.286. The summed E-state index contributed by atoms with van der Waals surface area (Å²) >= 11 is 0. The molecule has 0 spiro atoms. The van der Waals surface area contributed by atoms with E-state index in [9.17, 15) is 4.79 Å². The van der Waals surface area contributed by atoms with Crippen LogP contribution >= 0.6 is 0 Å². The third-order valence-corrected chi connectivity index (χ3v) is 3.02. The Bertz CT molecular complexity index is 545. The quantitative estimate of drug-likeness (QED) is 0.863. The van der Waals surface area contributed by atoms with E-state index in [-0.39, 0.29) is 5.91 Å². The molecule has 2 rings (SSSR count). The van der Waals surface area contributed by atoms with Crippen LogP contribution in [0.5, 0.6) is 0 Å². The Labute approximate surface area is 106 Å². The highest BCUT2D eigenvalue weighted by Crippen LogP contribution is 2.07. The van der Waals surface area contributed by atoms with Crippen molar-refractivity contribution in [2.24, 2.45) is 0 Å². The zero-order valence-electron chi connectivity index (χ0n) is 10.7. The van der Waals surface area contributed by atoms with Crippen LogP contribution in [0.15, 0.2) is 30.5 Å². The second-order valence-corrected chi connectivity index (χ2v) is 4.34. The zero-order valence-corrected chi connectivity index (χ0v) is 10.7. The van der Waals surface area contributed by atoms with Crippen molar-refractivity contribution in [3.63, 3.8) is 0 Å². The van der Waals surface area contributed by atoms with Crippen molar-refractivity contribution >= 4 is 5.91 Å². The first kappa shape index (κ1) is 12.4. The van der Waals surface area contributed by atoms with Crippen LogP contribution in [0, 0.1) is 13.8 Å². The summed E-state index contributed by atoms with van der Waals surface area (Å²) in [6.07, 6.45) is 2.40. The van der Waals surface area contributed by atoms with Crippen LogP contribution in [-0.2, 0) is 6.42 Å². The smallest absolute Gasteiger partial charge is 0.254 e. The first-order chi connectivity index (χ1) is 8.68. The molecule has 2 N–H and O–H groups in total. The van der Waals surface area contributed by atoms with Gasteiger partial charge in [0.2, 0.25) is 0 Å². The maximum atomic E-state index is 11.8. The number of hydrogen-bond donors (Lipinski definition) is 2. The van der Waals surface area contributed by atoms with Gasteiger partial charge in [-0.1, -0.05) is 24.3 Å². The standard InChI is InChI=1S/C14H17N3O/c1-10-5-3-4-6-12(10)7-8-15-14(18)13-9-16-17-11(13)2/h3-6,9H,7-8H2,1-2H3,(H,15,18)(H,16,17). The summed E-state index contributed by atoms with van der Waals surface area (Å²) in [6.45, 7) is 4.55. The lowest BCUT2D eigenvalue weighted by molar-refractivity contribution is 0.0953. The van der Waals surface area contributed by atoms with E-state index in [0.717, 1.165) is 12.1 Å². The molecule has 1 amide bonds. The molecule has 0 aliphatic rings. The van der Waals surface area contributed by atoms with Gasteiger partial charge in [-0.2, -0.15) is 5.10 Å². The van der Waals surface area contributed by atoms with Gasteiger partial charge in [0, 0.05) is 12.2 Å². The summed E-state index contributed by atoms with van der Waals surface area (Å²) in [4.78, 5) is 11.8. The average molecular weight is 243 g/mol. The third kappa shape index (κ3) is 2.77. The summed E-state index contributed by atoms with van der Waals surface area (Å²) in [5.41, 5.74) is 3.93. The molecule has 0 bridgehead atoms. The van der Waals surface area contributed by atoms with Gasteiger partial charge in [0.05, 0.1) is 11.8 Å². The minimum atomic E-state index is -0.0742. The van der Waals surface area contributed by atoms with Crippen LogP contribution in [0.2, 0.25) is 0 Å². The zero-order chi connectivity index (χ0) is 13.0. The van der Waals surface area contributed by atoms with Gasteiger partial charge < -0.3 is 5.32 Å². The lowest BCUT2D eigenvalue weighted by Crippen LogP contribution is -2.26. The van der Waals surface area contributed by atoms with Gasteiger partial charge in [0.1, 0.15) is 0 Å². The lowest BCUT2D eigenvalue weighted by atomic mass is 10.1. The number of aryl methyl sites for hydroxylation is 2. The Morgan fingerprint density at radius 1 is 1.33 bits per heavy atom. The van der Waals surface area contributed by atoms with Gasteiger partial charge >= 0.3 is 0 Å². The molecule has 4 nitrogen and oxygen atoms in total. The van der Waals surface area contributed by atoms with Crippen molar-refractivity contribution in [2.45, 2.75) is 20.3 Å². The predicted octanol–water partition coefficient (Wildman–Crippen LogP) is 2.00. The second-order valence-electron chi connectivity index (χ2n) is 4.34. The minimum Gasteiger partial charge on any atom is -0.352 e. The van der Waals surface area contributed by atoms with Gasteiger partial charge in [0.15, 0.2) is 0 Å². The molecule has 0 saturated carbocycles. The first-order valence-electron chi connectivity index (χ1n) is 6.01. The van der Waals surface area contributed by atoms with E-state index in [1.165, 1.54) is 11.1 Å². The van der Waals surface area contributed by atoms with E-state index < -0.39 is 0 Å². The molecule has 94 valence electrons. The molecular weight excluding hydrogens is 226 g/mol. The number of aromatic nitrogens is 2. The molecule has 2 aromatic rings. The largest absolute Gasteiger partial charge is 0.352 e. The van der Waals surface area contributed by atoms with Crippen LogP contribution in [-0.4, -0.2) is 22.6 Å². The molecule has 4 heteroatoms. The highest BCUT2D eigenvalue weighted by Gasteiger charge is 2.09. The molecule has 0 unspecified atom stereocenters. The van der Waals surface area contributed by atoms with E-state index in [0.29, 0.717) is 12.1 Å². The molecule has 0 radical (unpaired) electrons. The topological polar surface area (TPSA) is 57.8 Å². The van der Waals surface area contributed by atoms with Crippen molar-refractivity contribution < 1.29 is 4.79 Å². The second kappa shape index (κ2) is 5.49. The number of aromatic amines is 1. The van der Waals surface area contributed by atoms with Gasteiger partial charge in [-0.25, -0.2) is 0 Å². The SMILES string of the molecule is Cc1ccccc1CCNC(=O)c1cn[nH]c1C. The van der Waals surface area contributed by atoms with Gasteiger partial charge in [-0.3, -0.25) is 9.89 Å². The molecule has 0 aliphatic carbocycles. The van der Waals surface area contributed by atoms with Crippen molar-refractivity contribution in [2.75, 3.05) is 6.54 Å². The van der Waals surface area contributed by atoms with Gasteiger partial charge in [-0.05, 0) is 31.4 Å². The summed E-state index contributed by atoms with van der Waals surface area (Å²) in [5.74, 6) is -0.0742. The van der Waals surface area contributed by atoms with Crippen molar-refractivity contribution in [3.8, 4) is 0 Å². The number of amides is 1. The van der Waals surface area contributed by atoms with E-state index in [2.05, 4.69) is 34.6 Å². The Balaban J connectivity index is 1.88. The number of rotatable bonds is 4. The lowest BCUT2D eigenvalue weighted by Gasteiger charge is -2.07. The molecule has 0 saturated heterocycles. The molecule has 0 fully saturated rings. The summed E-state index contributed by atoms with van der Waals surface area (Å²) in [5, 5.41) is 9.50. The number of hydrogen-bond acceptors (Lipinski definition) is 2. The number of benzene rings is 1. The number of nitrogens with one attached hydrogen (secondary N) is 2. The molecule has 1 aromatic heterocycles. The molecule has 0 atom stereocenters.